The molecule has 2 rings (SSSR count). The summed E-state index contributed by atoms with van der Waals surface area (Å²) in [5.74, 6) is 0. The van der Waals surface area contributed by atoms with E-state index in [2.05, 4.69) is 0 Å². The SMILES string of the molecule is CN(C)C(=O)N1CC2(CCN(C(=O)OC(C)(C)C)CC2)C1. The standard InChI is InChI=1S/C15H27N3O3/c1-14(2,3)21-13(20)17-8-6-15(7-9-17)10-18(11-15)12(19)16(4)5/h6-11H2,1-5H3. The molecule has 2 heterocycles. The molecule has 0 aromatic rings. The van der Waals surface area contributed by atoms with E-state index in [9.17, 15) is 9.59 Å². The van der Waals surface area contributed by atoms with Crippen molar-refractivity contribution < 1.29 is 14.3 Å². The number of carbonyl (C=O) groups excluding carboxylic acids is 2. The van der Waals surface area contributed by atoms with Crippen molar-refractivity contribution in [2.45, 2.75) is 39.2 Å². The van der Waals surface area contributed by atoms with Crippen LogP contribution < -0.4 is 0 Å². The Morgan fingerprint density at radius 3 is 2.00 bits per heavy atom. The zero-order valence-electron chi connectivity index (χ0n) is 13.8. The Balaban J connectivity index is 1.80. The highest BCUT2D eigenvalue weighted by molar-refractivity contribution is 5.75. The number of urea groups is 1. The summed E-state index contributed by atoms with van der Waals surface area (Å²) in [4.78, 5) is 29.1. The Bertz CT molecular complexity index is 412. The van der Waals surface area contributed by atoms with Crippen LogP contribution in [0.3, 0.4) is 0 Å². The Kier molecular flexibility index (Phi) is 4.08. The number of rotatable bonds is 0. The summed E-state index contributed by atoms with van der Waals surface area (Å²) in [6, 6.07) is 0.0789. The Hall–Kier alpha value is -1.46. The van der Waals surface area contributed by atoms with Crippen LogP contribution in [0.15, 0.2) is 0 Å². The molecule has 2 aliphatic rings. The minimum Gasteiger partial charge on any atom is -0.444 e. The number of amides is 3. The Labute approximate surface area is 127 Å². The first kappa shape index (κ1) is 15.9. The third-order valence-corrected chi connectivity index (χ3v) is 4.18. The minimum atomic E-state index is -0.447. The van der Waals surface area contributed by atoms with Crippen molar-refractivity contribution in [2.75, 3.05) is 40.3 Å². The largest absolute Gasteiger partial charge is 0.444 e. The van der Waals surface area contributed by atoms with Gasteiger partial charge in [0.25, 0.3) is 0 Å². The molecule has 3 amide bonds. The molecule has 2 fully saturated rings. The van der Waals surface area contributed by atoms with Crippen molar-refractivity contribution in [3.63, 3.8) is 0 Å². The van der Waals surface area contributed by atoms with Crippen LogP contribution in [0.5, 0.6) is 0 Å². The van der Waals surface area contributed by atoms with Gasteiger partial charge >= 0.3 is 12.1 Å². The molecule has 0 radical (unpaired) electrons. The number of hydrogen-bond acceptors (Lipinski definition) is 3. The summed E-state index contributed by atoms with van der Waals surface area (Å²) in [5.41, 5.74) is -0.234. The van der Waals surface area contributed by atoms with Crippen LogP contribution in [0.25, 0.3) is 0 Å². The number of carbonyl (C=O) groups is 2. The van der Waals surface area contributed by atoms with Gasteiger partial charge in [-0.15, -0.1) is 0 Å². The summed E-state index contributed by atoms with van der Waals surface area (Å²) >= 11 is 0. The molecule has 120 valence electrons. The van der Waals surface area contributed by atoms with Gasteiger partial charge in [0.05, 0.1) is 0 Å². The van der Waals surface area contributed by atoms with Gasteiger partial charge in [0.15, 0.2) is 0 Å². The lowest BCUT2D eigenvalue weighted by molar-refractivity contribution is -0.0360. The maximum atomic E-state index is 12.0. The lowest BCUT2D eigenvalue weighted by Gasteiger charge is -2.54. The van der Waals surface area contributed by atoms with Gasteiger partial charge in [-0.3, -0.25) is 0 Å². The number of piperidine rings is 1. The first-order chi connectivity index (χ1) is 9.62. The van der Waals surface area contributed by atoms with Crippen LogP contribution in [0.1, 0.15) is 33.6 Å². The van der Waals surface area contributed by atoms with Crippen LogP contribution in [0.2, 0.25) is 0 Å². The fourth-order valence-corrected chi connectivity index (χ4v) is 2.99. The lowest BCUT2D eigenvalue weighted by Crippen LogP contribution is -2.63. The van der Waals surface area contributed by atoms with E-state index in [-0.39, 0.29) is 17.5 Å². The Morgan fingerprint density at radius 1 is 1.05 bits per heavy atom. The molecule has 2 saturated heterocycles. The number of likely N-dealkylation sites (tertiary alicyclic amines) is 2. The first-order valence-corrected chi connectivity index (χ1v) is 7.56. The van der Waals surface area contributed by atoms with Crippen LogP contribution in [-0.4, -0.2) is 72.7 Å². The molecule has 6 heteroatoms. The second-order valence-corrected chi connectivity index (χ2v) is 7.50. The van der Waals surface area contributed by atoms with E-state index in [0.717, 1.165) is 39.0 Å². The highest BCUT2D eigenvalue weighted by atomic mass is 16.6. The van der Waals surface area contributed by atoms with Gasteiger partial charge in [0.2, 0.25) is 0 Å². The van der Waals surface area contributed by atoms with Crippen molar-refractivity contribution in [2.24, 2.45) is 5.41 Å². The molecule has 21 heavy (non-hydrogen) atoms. The predicted octanol–water partition coefficient (Wildman–Crippen LogP) is 2.00. The normalized spacial score (nSPS) is 21.0. The minimum absolute atomic E-state index is 0.0789. The summed E-state index contributed by atoms with van der Waals surface area (Å²) in [6.45, 7) is 8.71. The maximum absolute atomic E-state index is 12.0. The fraction of sp³-hybridized carbons (Fsp3) is 0.867. The zero-order valence-corrected chi connectivity index (χ0v) is 13.8. The van der Waals surface area contributed by atoms with Crippen LogP contribution >= 0.6 is 0 Å². The van der Waals surface area contributed by atoms with Gasteiger partial charge < -0.3 is 19.4 Å². The Morgan fingerprint density at radius 2 is 1.57 bits per heavy atom. The van der Waals surface area contributed by atoms with Gasteiger partial charge in [-0.05, 0) is 33.6 Å². The van der Waals surface area contributed by atoms with E-state index in [1.807, 2.05) is 25.7 Å². The van der Waals surface area contributed by atoms with Crippen molar-refractivity contribution >= 4 is 12.1 Å². The molecule has 0 N–H and O–H groups in total. The maximum Gasteiger partial charge on any atom is 0.410 e. The average Bonchev–Trinajstić information content (AvgIpc) is 2.33. The first-order valence-electron chi connectivity index (χ1n) is 7.56. The molecule has 0 bridgehead atoms. The van der Waals surface area contributed by atoms with Gasteiger partial charge in [-0.2, -0.15) is 0 Å². The highest BCUT2D eigenvalue weighted by Crippen LogP contribution is 2.40. The van der Waals surface area contributed by atoms with E-state index in [1.54, 1.807) is 23.9 Å². The predicted molar refractivity (Wildman–Crippen MR) is 80.1 cm³/mol. The van der Waals surface area contributed by atoms with Gasteiger partial charge in [-0.25, -0.2) is 9.59 Å². The number of ether oxygens (including phenoxy) is 1. The van der Waals surface area contributed by atoms with E-state index in [1.165, 1.54) is 0 Å². The molecule has 0 aliphatic carbocycles. The van der Waals surface area contributed by atoms with Crippen molar-refractivity contribution in [1.82, 2.24) is 14.7 Å². The highest BCUT2D eigenvalue weighted by Gasteiger charge is 2.47. The monoisotopic (exact) mass is 297 g/mol. The van der Waals surface area contributed by atoms with E-state index >= 15 is 0 Å². The van der Waals surface area contributed by atoms with E-state index < -0.39 is 5.60 Å². The van der Waals surface area contributed by atoms with Crippen molar-refractivity contribution in [3.05, 3.63) is 0 Å². The molecule has 0 unspecified atom stereocenters. The second kappa shape index (κ2) is 5.39. The molecule has 0 aromatic carbocycles. The van der Waals surface area contributed by atoms with Gasteiger partial charge in [-0.1, -0.05) is 0 Å². The summed E-state index contributed by atoms with van der Waals surface area (Å²) in [6.07, 6.45) is 1.67. The summed E-state index contributed by atoms with van der Waals surface area (Å²) < 4.78 is 5.40. The molecule has 6 nitrogen and oxygen atoms in total. The average molecular weight is 297 g/mol. The van der Waals surface area contributed by atoms with Crippen LogP contribution in [0, 0.1) is 5.41 Å². The summed E-state index contributed by atoms with van der Waals surface area (Å²) in [7, 11) is 3.55. The number of hydrogen-bond donors (Lipinski definition) is 0. The molecule has 0 aromatic heterocycles. The molecule has 0 atom stereocenters. The quantitative estimate of drug-likeness (QED) is 0.687. The third-order valence-electron chi connectivity index (χ3n) is 4.18. The fourth-order valence-electron chi connectivity index (χ4n) is 2.99. The molecular formula is C15H27N3O3. The zero-order chi connectivity index (χ0) is 15.8. The third kappa shape index (κ3) is 3.60. The van der Waals surface area contributed by atoms with E-state index in [0.29, 0.717) is 0 Å². The second-order valence-electron chi connectivity index (χ2n) is 7.50. The van der Waals surface area contributed by atoms with Gasteiger partial charge in [0.1, 0.15) is 5.60 Å². The molecular weight excluding hydrogens is 270 g/mol. The van der Waals surface area contributed by atoms with Crippen LogP contribution in [0.4, 0.5) is 9.59 Å². The van der Waals surface area contributed by atoms with Crippen LogP contribution in [-0.2, 0) is 4.74 Å². The molecule has 1 spiro atoms. The lowest BCUT2D eigenvalue weighted by atomic mass is 9.72. The van der Waals surface area contributed by atoms with Crippen molar-refractivity contribution in [3.8, 4) is 0 Å². The summed E-state index contributed by atoms with van der Waals surface area (Å²) in [5, 5.41) is 0. The van der Waals surface area contributed by atoms with Gasteiger partial charge in [0, 0.05) is 45.7 Å². The smallest absolute Gasteiger partial charge is 0.410 e. The number of nitrogens with zero attached hydrogens (tertiary/aromatic N) is 3. The van der Waals surface area contributed by atoms with Crippen molar-refractivity contribution in [1.29, 1.82) is 0 Å². The molecule has 0 saturated carbocycles. The van der Waals surface area contributed by atoms with E-state index in [4.69, 9.17) is 4.74 Å². The molecule has 2 aliphatic heterocycles. The topological polar surface area (TPSA) is 53.1 Å².